The normalized spacial score (nSPS) is 18.0. The lowest BCUT2D eigenvalue weighted by Crippen LogP contribution is -2.14. The maximum Gasteiger partial charge on any atom is 0.411 e. The molecule has 2 aromatic rings. The second-order valence-corrected chi connectivity index (χ2v) is 6.25. The van der Waals surface area contributed by atoms with Crippen LogP contribution < -0.4 is 16.4 Å². The van der Waals surface area contributed by atoms with Crippen LogP contribution in [0.15, 0.2) is 48.7 Å². The number of methoxy groups -OCH3 is 1. The molecule has 7 heteroatoms. The summed E-state index contributed by atoms with van der Waals surface area (Å²) < 4.78 is 4.62. The minimum Gasteiger partial charge on any atom is -0.453 e. The SMILES string of the molecule is COC(=O)Nc1ccc2c(c1)NC(=O)CC/C=C/C[C@H](N)c1cc-2ccn1. The van der Waals surface area contributed by atoms with Crippen molar-refractivity contribution in [2.45, 2.75) is 25.3 Å². The Balaban J connectivity index is 2.05. The van der Waals surface area contributed by atoms with Gasteiger partial charge in [-0.15, -0.1) is 0 Å². The van der Waals surface area contributed by atoms with Crippen molar-refractivity contribution in [3.63, 3.8) is 0 Å². The van der Waals surface area contributed by atoms with Crippen molar-refractivity contribution in [3.8, 4) is 11.1 Å². The van der Waals surface area contributed by atoms with Gasteiger partial charge in [0, 0.05) is 23.9 Å². The molecule has 0 saturated heterocycles. The molecule has 1 aromatic carbocycles. The molecule has 140 valence electrons. The number of fused-ring (bicyclic) bond motifs is 4. The van der Waals surface area contributed by atoms with E-state index in [0.29, 0.717) is 30.6 Å². The van der Waals surface area contributed by atoms with Crippen LogP contribution in [0.3, 0.4) is 0 Å². The van der Waals surface area contributed by atoms with Crippen molar-refractivity contribution < 1.29 is 14.3 Å². The largest absolute Gasteiger partial charge is 0.453 e. The number of anilines is 2. The van der Waals surface area contributed by atoms with E-state index >= 15 is 0 Å². The zero-order chi connectivity index (χ0) is 19.2. The van der Waals surface area contributed by atoms with Crippen molar-refractivity contribution in [1.82, 2.24) is 4.98 Å². The fourth-order valence-corrected chi connectivity index (χ4v) is 2.87. The molecule has 0 fully saturated rings. The minimum atomic E-state index is -0.576. The molecular weight excluding hydrogens is 344 g/mol. The van der Waals surface area contributed by atoms with Gasteiger partial charge >= 0.3 is 6.09 Å². The number of aromatic nitrogens is 1. The van der Waals surface area contributed by atoms with E-state index in [-0.39, 0.29) is 11.9 Å². The Morgan fingerprint density at radius 3 is 2.96 bits per heavy atom. The quantitative estimate of drug-likeness (QED) is 0.669. The van der Waals surface area contributed by atoms with Gasteiger partial charge in [0.2, 0.25) is 5.91 Å². The smallest absolute Gasteiger partial charge is 0.411 e. The Bertz CT molecular complexity index is 879. The molecule has 27 heavy (non-hydrogen) atoms. The van der Waals surface area contributed by atoms with E-state index in [2.05, 4.69) is 20.4 Å². The fraction of sp³-hybridized carbons (Fsp3) is 0.250. The Kier molecular flexibility index (Phi) is 5.83. The van der Waals surface area contributed by atoms with Crippen LogP contribution in [-0.2, 0) is 9.53 Å². The Hall–Kier alpha value is -3.19. The van der Waals surface area contributed by atoms with Gasteiger partial charge < -0.3 is 15.8 Å². The molecule has 0 unspecified atom stereocenters. The van der Waals surface area contributed by atoms with Crippen molar-refractivity contribution in [2.75, 3.05) is 17.7 Å². The first-order valence-electron chi connectivity index (χ1n) is 8.72. The second-order valence-electron chi connectivity index (χ2n) is 6.25. The molecule has 0 spiro atoms. The van der Waals surface area contributed by atoms with Crippen LogP contribution in [0, 0.1) is 0 Å². The van der Waals surface area contributed by atoms with Gasteiger partial charge in [-0.05, 0) is 42.7 Å². The third-order valence-corrected chi connectivity index (χ3v) is 4.29. The number of carbonyl (C=O) groups is 2. The number of nitrogens with two attached hydrogens (primary N) is 1. The molecule has 7 nitrogen and oxygen atoms in total. The highest BCUT2D eigenvalue weighted by atomic mass is 16.5. The van der Waals surface area contributed by atoms with Crippen LogP contribution in [-0.4, -0.2) is 24.1 Å². The standard InChI is InChI=1S/C20H22N4O3/c1-27-20(26)23-14-7-8-15-13-9-10-22-18(11-13)16(21)5-3-2-4-6-19(25)24-17(15)12-14/h2-3,7-12,16H,4-6,21H2,1H3,(H,23,26)(H,24,25)/b3-2+/t16-/m0/s1. The van der Waals surface area contributed by atoms with E-state index in [4.69, 9.17) is 5.73 Å². The Morgan fingerprint density at radius 1 is 1.30 bits per heavy atom. The number of carbonyl (C=O) groups excluding carboxylic acids is 2. The highest BCUT2D eigenvalue weighted by Gasteiger charge is 2.14. The van der Waals surface area contributed by atoms with Crippen LogP contribution in [0.5, 0.6) is 0 Å². The molecular formula is C20H22N4O3. The minimum absolute atomic E-state index is 0.103. The zero-order valence-corrected chi connectivity index (χ0v) is 15.1. The van der Waals surface area contributed by atoms with Gasteiger partial charge in [-0.1, -0.05) is 18.2 Å². The highest BCUT2D eigenvalue weighted by molar-refractivity contribution is 5.97. The van der Waals surface area contributed by atoms with Gasteiger partial charge in [0.05, 0.1) is 24.5 Å². The number of allylic oxidation sites excluding steroid dienone is 1. The van der Waals surface area contributed by atoms with Crippen LogP contribution in [0.4, 0.5) is 16.2 Å². The van der Waals surface area contributed by atoms with E-state index in [9.17, 15) is 9.59 Å². The monoisotopic (exact) mass is 366 g/mol. The summed E-state index contributed by atoms with van der Waals surface area (Å²) >= 11 is 0. The first kappa shape index (κ1) is 18.6. The van der Waals surface area contributed by atoms with Crippen LogP contribution in [0.25, 0.3) is 11.1 Å². The maximum atomic E-state index is 12.3. The molecule has 2 bridgehead atoms. The number of ether oxygens (including phenoxy) is 1. The number of amides is 2. The van der Waals surface area contributed by atoms with E-state index in [1.165, 1.54) is 7.11 Å². The first-order chi connectivity index (χ1) is 13.1. The molecule has 1 aromatic heterocycles. The molecule has 3 rings (SSSR count). The van der Waals surface area contributed by atoms with Crippen molar-refractivity contribution in [1.29, 1.82) is 0 Å². The molecule has 0 aliphatic carbocycles. The van der Waals surface area contributed by atoms with Gasteiger partial charge in [0.15, 0.2) is 0 Å². The molecule has 0 saturated carbocycles. The van der Waals surface area contributed by atoms with Crippen molar-refractivity contribution in [2.24, 2.45) is 5.73 Å². The summed E-state index contributed by atoms with van der Waals surface area (Å²) in [6.45, 7) is 0. The molecule has 1 atom stereocenters. The van der Waals surface area contributed by atoms with E-state index in [1.807, 2.05) is 30.4 Å². The number of rotatable bonds is 1. The maximum absolute atomic E-state index is 12.3. The Labute approximate surface area is 157 Å². The zero-order valence-electron chi connectivity index (χ0n) is 15.1. The van der Waals surface area contributed by atoms with Gasteiger partial charge in [-0.25, -0.2) is 4.79 Å². The lowest BCUT2D eigenvalue weighted by Gasteiger charge is -2.15. The van der Waals surface area contributed by atoms with Crippen LogP contribution in [0.2, 0.25) is 0 Å². The number of pyridine rings is 1. The third kappa shape index (κ3) is 4.71. The summed E-state index contributed by atoms with van der Waals surface area (Å²) in [7, 11) is 1.29. The van der Waals surface area contributed by atoms with E-state index < -0.39 is 6.09 Å². The van der Waals surface area contributed by atoms with Gasteiger partial charge in [0.25, 0.3) is 0 Å². The second kappa shape index (κ2) is 8.46. The van der Waals surface area contributed by atoms with E-state index in [0.717, 1.165) is 16.8 Å². The van der Waals surface area contributed by atoms with Crippen molar-refractivity contribution >= 4 is 23.4 Å². The third-order valence-electron chi connectivity index (χ3n) is 4.29. The molecule has 1 aliphatic heterocycles. The average molecular weight is 366 g/mol. The number of nitrogens with zero attached hydrogens (tertiary/aromatic N) is 1. The predicted molar refractivity (Wildman–Crippen MR) is 104 cm³/mol. The number of nitrogens with one attached hydrogen (secondary N) is 2. The lowest BCUT2D eigenvalue weighted by molar-refractivity contribution is -0.116. The number of hydrogen-bond donors (Lipinski definition) is 3. The summed E-state index contributed by atoms with van der Waals surface area (Å²) in [6.07, 6.45) is 6.71. The molecule has 4 N–H and O–H groups in total. The average Bonchev–Trinajstić information content (AvgIpc) is 2.67. The summed E-state index contributed by atoms with van der Waals surface area (Å²) in [6, 6.07) is 8.87. The molecule has 2 amide bonds. The van der Waals surface area contributed by atoms with Gasteiger partial charge in [-0.3, -0.25) is 15.1 Å². The summed E-state index contributed by atoms with van der Waals surface area (Å²) in [5, 5.41) is 5.54. The van der Waals surface area contributed by atoms with Gasteiger partial charge in [-0.2, -0.15) is 0 Å². The summed E-state index contributed by atoms with van der Waals surface area (Å²) in [5.74, 6) is -0.103. The lowest BCUT2D eigenvalue weighted by atomic mass is 10.0. The Morgan fingerprint density at radius 2 is 2.15 bits per heavy atom. The number of benzene rings is 1. The molecule has 2 heterocycles. The van der Waals surface area contributed by atoms with Crippen LogP contribution in [0.1, 0.15) is 31.0 Å². The predicted octanol–water partition coefficient (Wildman–Crippen LogP) is 3.61. The van der Waals surface area contributed by atoms with Gasteiger partial charge in [0.1, 0.15) is 0 Å². The highest BCUT2D eigenvalue weighted by Crippen LogP contribution is 2.32. The van der Waals surface area contributed by atoms with E-state index in [1.54, 1.807) is 18.3 Å². The first-order valence-corrected chi connectivity index (χ1v) is 8.72. The number of hydrogen-bond acceptors (Lipinski definition) is 5. The topological polar surface area (TPSA) is 106 Å². The summed E-state index contributed by atoms with van der Waals surface area (Å²) in [4.78, 5) is 28.2. The summed E-state index contributed by atoms with van der Waals surface area (Å²) in [5.41, 5.74) is 9.86. The van der Waals surface area contributed by atoms with Crippen molar-refractivity contribution in [3.05, 3.63) is 54.4 Å². The molecule has 0 radical (unpaired) electrons. The fourth-order valence-electron chi connectivity index (χ4n) is 2.87. The molecule has 1 aliphatic rings. The van der Waals surface area contributed by atoms with Crippen LogP contribution >= 0.6 is 0 Å².